The Morgan fingerprint density at radius 1 is 1.05 bits per heavy atom. The SMILES string of the molecule is COc1cccc(CNc2cccc3n[se]nc23)c1OC. The van der Waals surface area contributed by atoms with E-state index in [4.69, 9.17) is 9.47 Å². The molecule has 1 aromatic heterocycles. The summed E-state index contributed by atoms with van der Waals surface area (Å²) in [4.78, 5) is 0. The number of rotatable bonds is 5. The summed E-state index contributed by atoms with van der Waals surface area (Å²) in [6.45, 7) is 0.638. The summed E-state index contributed by atoms with van der Waals surface area (Å²) >= 11 is -0.0201. The van der Waals surface area contributed by atoms with E-state index in [1.807, 2.05) is 36.4 Å². The zero-order chi connectivity index (χ0) is 14.7. The number of hydrogen-bond donors (Lipinski definition) is 1. The van der Waals surface area contributed by atoms with E-state index in [2.05, 4.69) is 13.3 Å². The fourth-order valence-electron chi connectivity index (χ4n) is 2.23. The molecule has 0 saturated heterocycles. The number of benzene rings is 2. The van der Waals surface area contributed by atoms with Crippen molar-refractivity contribution in [1.82, 2.24) is 7.96 Å². The predicted octanol–water partition coefficient (Wildman–Crippen LogP) is 2.32. The van der Waals surface area contributed by atoms with E-state index in [-0.39, 0.29) is 15.0 Å². The Labute approximate surface area is 129 Å². The Balaban J connectivity index is 1.86. The molecule has 0 aliphatic rings. The zero-order valence-electron chi connectivity index (χ0n) is 11.8. The number of aromatic nitrogens is 2. The maximum absolute atomic E-state index is 5.44. The van der Waals surface area contributed by atoms with E-state index in [1.165, 1.54) is 0 Å². The molecule has 0 atom stereocenters. The van der Waals surface area contributed by atoms with Gasteiger partial charge in [-0.2, -0.15) is 0 Å². The second-order valence-corrected chi connectivity index (χ2v) is 5.55. The Kier molecular flexibility index (Phi) is 4.08. The molecular formula is C15H15N3O2Se. The molecule has 0 amide bonds. The first-order valence-electron chi connectivity index (χ1n) is 6.48. The van der Waals surface area contributed by atoms with Crippen molar-refractivity contribution in [3.63, 3.8) is 0 Å². The fourth-order valence-corrected chi connectivity index (χ4v) is 3.39. The molecule has 0 aliphatic heterocycles. The first kappa shape index (κ1) is 13.9. The van der Waals surface area contributed by atoms with Crippen LogP contribution in [0.3, 0.4) is 0 Å². The molecule has 0 fully saturated rings. The second-order valence-electron chi connectivity index (χ2n) is 4.44. The fraction of sp³-hybridized carbons (Fsp3) is 0.200. The van der Waals surface area contributed by atoms with Crippen LogP contribution in [-0.2, 0) is 6.54 Å². The standard InChI is InChI=1S/C15H15N3O2Se/c1-19-13-8-3-5-10(15(13)20-2)9-16-11-6-4-7-12-14(11)18-21-17-12/h3-8,16H,9H2,1-2H3. The van der Waals surface area contributed by atoms with Crippen molar-refractivity contribution in [1.29, 1.82) is 0 Å². The monoisotopic (exact) mass is 349 g/mol. The van der Waals surface area contributed by atoms with Crippen molar-refractivity contribution in [2.75, 3.05) is 19.5 Å². The van der Waals surface area contributed by atoms with Gasteiger partial charge in [0.25, 0.3) is 0 Å². The number of methoxy groups -OCH3 is 2. The Hall–Kier alpha value is -2.04. The molecule has 1 N–H and O–H groups in total. The van der Waals surface area contributed by atoms with Crippen LogP contribution >= 0.6 is 0 Å². The van der Waals surface area contributed by atoms with Gasteiger partial charge in [-0.3, -0.25) is 0 Å². The normalized spacial score (nSPS) is 10.6. The molecule has 3 rings (SSSR count). The van der Waals surface area contributed by atoms with Crippen molar-refractivity contribution in [3.05, 3.63) is 42.0 Å². The summed E-state index contributed by atoms with van der Waals surface area (Å²) in [6, 6.07) is 11.9. The van der Waals surface area contributed by atoms with E-state index in [0.717, 1.165) is 33.8 Å². The Morgan fingerprint density at radius 2 is 1.90 bits per heavy atom. The molecule has 21 heavy (non-hydrogen) atoms. The third-order valence-corrected chi connectivity index (χ3v) is 4.38. The molecule has 0 unspecified atom stereocenters. The maximum atomic E-state index is 5.44. The molecule has 0 saturated carbocycles. The van der Waals surface area contributed by atoms with Crippen LogP contribution in [-0.4, -0.2) is 37.1 Å². The van der Waals surface area contributed by atoms with Crippen molar-refractivity contribution < 1.29 is 9.47 Å². The van der Waals surface area contributed by atoms with Gasteiger partial charge in [0.2, 0.25) is 0 Å². The van der Waals surface area contributed by atoms with Crippen LogP contribution in [0, 0.1) is 0 Å². The molecule has 5 nitrogen and oxygen atoms in total. The number of hydrogen-bond acceptors (Lipinski definition) is 5. The number of anilines is 1. The minimum absolute atomic E-state index is 0.0201. The molecule has 0 radical (unpaired) electrons. The van der Waals surface area contributed by atoms with E-state index < -0.39 is 0 Å². The van der Waals surface area contributed by atoms with Crippen LogP contribution in [0.15, 0.2) is 36.4 Å². The summed E-state index contributed by atoms with van der Waals surface area (Å²) in [7, 11) is 3.29. The van der Waals surface area contributed by atoms with Gasteiger partial charge < -0.3 is 0 Å². The summed E-state index contributed by atoms with van der Waals surface area (Å²) < 4.78 is 19.6. The third kappa shape index (κ3) is 2.73. The van der Waals surface area contributed by atoms with Gasteiger partial charge in [0.05, 0.1) is 0 Å². The van der Waals surface area contributed by atoms with Crippen LogP contribution in [0.25, 0.3) is 11.0 Å². The van der Waals surface area contributed by atoms with Crippen molar-refractivity contribution in [3.8, 4) is 11.5 Å². The number of para-hydroxylation sites is 1. The van der Waals surface area contributed by atoms with Crippen LogP contribution in [0.2, 0.25) is 0 Å². The molecule has 3 aromatic rings. The molecule has 2 aromatic carbocycles. The van der Waals surface area contributed by atoms with Gasteiger partial charge in [-0.15, -0.1) is 0 Å². The Bertz CT molecular complexity index is 758. The summed E-state index contributed by atoms with van der Waals surface area (Å²) in [6.07, 6.45) is 0. The first-order valence-corrected chi connectivity index (χ1v) is 8.01. The number of nitrogens with one attached hydrogen (secondary N) is 1. The van der Waals surface area contributed by atoms with Crippen molar-refractivity contribution in [2.45, 2.75) is 6.54 Å². The molecule has 108 valence electrons. The Morgan fingerprint density at radius 3 is 2.71 bits per heavy atom. The average Bonchev–Trinajstić information content (AvgIpc) is 3.01. The van der Waals surface area contributed by atoms with Gasteiger partial charge in [0.1, 0.15) is 0 Å². The average molecular weight is 348 g/mol. The van der Waals surface area contributed by atoms with Gasteiger partial charge in [-0.05, 0) is 0 Å². The van der Waals surface area contributed by atoms with Crippen LogP contribution in [0.4, 0.5) is 5.69 Å². The van der Waals surface area contributed by atoms with E-state index >= 15 is 0 Å². The van der Waals surface area contributed by atoms with E-state index in [9.17, 15) is 0 Å². The van der Waals surface area contributed by atoms with Crippen LogP contribution in [0.1, 0.15) is 5.56 Å². The first-order chi connectivity index (χ1) is 10.3. The minimum atomic E-state index is -0.0201. The summed E-state index contributed by atoms with van der Waals surface area (Å²) in [5, 5.41) is 3.41. The van der Waals surface area contributed by atoms with Gasteiger partial charge >= 0.3 is 129 Å². The van der Waals surface area contributed by atoms with E-state index in [1.54, 1.807) is 14.2 Å². The number of nitrogens with zero attached hydrogens (tertiary/aromatic N) is 2. The van der Waals surface area contributed by atoms with Gasteiger partial charge in [0, 0.05) is 0 Å². The van der Waals surface area contributed by atoms with Gasteiger partial charge in [0.15, 0.2) is 0 Å². The molecule has 1 heterocycles. The molecule has 0 bridgehead atoms. The predicted molar refractivity (Wildman–Crippen MR) is 83.4 cm³/mol. The molecular weight excluding hydrogens is 333 g/mol. The van der Waals surface area contributed by atoms with Crippen LogP contribution in [0.5, 0.6) is 11.5 Å². The molecule has 0 aliphatic carbocycles. The summed E-state index contributed by atoms with van der Waals surface area (Å²) in [5.74, 6) is 1.49. The van der Waals surface area contributed by atoms with Gasteiger partial charge in [-0.1, -0.05) is 0 Å². The van der Waals surface area contributed by atoms with Crippen molar-refractivity contribution in [2.24, 2.45) is 0 Å². The topological polar surface area (TPSA) is 56.3 Å². The summed E-state index contributed by atoms with van der Waals surface area (Å²) in [5.41, 5.74) is 3.97. The number of ether oxygens (including phenoxy) is 2. The van der Waals surface area contributed by atoms with Crippen LogP contribution < -0.4 is 14.8 Å². The molecule has 6 heteroatoms. The molecule has 0 spiro atoms. The second kappa shape index (κ2) is 6.16. The van der Waals surface area contributed by atoms with Crippen molar-refractivity contribution >= 4 is 31.7 Å². The quantitative estimate of drug-likeness (QED) is 0.717. The van der Waals surface area contributed by atoms with E-state index in [0.29, 0.717) is 6.54 Å². The van der Waals surface area contributed by atoms with Gasteiger partial charge in [-0.25, -0.2) is 0 Å². The third-order valence-electron chi connectivity index (χ3n) is 3.24. The zero-order valence-corrected chi connectivity index (χ0v) is 13.5. The number of fused-ring (bicyclic) bond motifs is 1.